The number of carbonyl (C=O) groups is 4. The van der Waals surface area contributed by atoms with E-state index in [0.717, 1.165) is 0 Å². The summed E-state index contributed by atoms with van der Waals surface area (Å²) in [4.78, 5) is 61.7. The van der Waals surface area contributed by atoms with Gasteiger partial charge < -0.3 is 20.9 Å². The fraction of sp³-hybridized carbons (Fsp3) is 0.524. The van der Waals surface area contributed by atoms with E-state index >= 15 is 0 Å². The summed E-state index contributed by atoms with van der Waals surface area (Å²) < 4.78 is 0. The highest BCUT2D eigenvalue weighted by Crippen LogP contribution is 2.22. The molecule has 4 amide bonds. The third-order valence-corrected chi connectivity index (χ3v) is 5.72. The molecule has 1 aromatic carbocycles. The number of nitro groups is 1. The Balaban J connectivity index is 1.64. The summed E-state index contributed by atoms with van der Waals surface area (Å²) in [6, 6.07) is 3.23. The van der Waals surface area contributed by atoms with Gasteiger partial charge in [-0.25, -0.2) is 0 Å². The Kier molecular flexibility index (Phi) is 7.06. The van der Waals surface area contributed by atoms with E-state index < -0.39 is 34.9 Å². The van der Waals surface area contributed by atoms with E-state index in [1.54, 1.807) is 13.8 Å². The molecule has 11 heteroatoms. The highest BCUT2D eigenvalue weighted by atomic mass is 16.6. The molecule has 3 N–H and O–H groups in total. The molecular formula is C21H27N5O6. The van der Waals surface area contributed by atoms with Crippen LogP contribution in [-0.4, -0.2) is 58.1 Å². The van der Waals surface area contributed by atoms with Crippen LogP contribution in [0.5, 0.6) is 0 Å². The zero-order valence-corrected chi connectivity index (χ0v) is 18.0. The number of hydrogen-bond acceptors (Lipinski definition) is 6. The molecule has 1 aromatic rings. The molecule has 2 fully saturated rings. The minimum Gasteiger partial charge on any atom is -0.344 e. The summed E-state index contributed by atoms with van der Waals surface area (Å²) in [5.41, 5.74) is 0.274. The van der Waals surface area contributed by atoms with Crippen molar-refractivity contribution in [3.05, 3.63) is 34.4 Å². The fourth-order valence-corrected chi connectivity index (χ4v) is 3.97. The maximum absolute atomic E-state index is 13.0. The maximum Gasteiger partial charge on any atom is 0.269 e. The normalized spacial score (nSPS) is 21.2. The highest BCUT2D eigenvalue weighted by molar-refractivity contribution is 5.99. The number of nitrogens with one attached hydrogen (secondary N) is 3. The van der Waals surface area contributed by atoms with E-state index in [-0.39, 0.29) is 23.4 Å². The zero-order chi connectivity index (χ0) is 23.4. The van der Waals surface area contributed by atoms with Crippen molar-refractivity contribution in [2.75, 3.05) is 11.9 Å². The smallest absolute Gasteiger partial charge is 0.269 e. The van der Waals surface area contributed by atoms with Crippen LogP contribution in [0.3, 0.4) is 0 Å². The van der Waals surface area contributed by atoms with Crippen LogP contribution in [0.15, 0.2) is 24.3 Å². The summed E-state index contributed by atoms with van der Waals surface area (Å²) >= 11 is 0. The third-order valence-electron chi connectivity index (χ3n) is 5.72. The molecule has 11 nitrogen and oxygen atoms in total. The molecular weight excluding hydrogens is 418 g/mol. The van der Waals surface area contributed by atoms with Crippen molar-refractivity contribution in [3.8, 4) is 0 Å². The predicted octanol–water partition coefficient (Wildman–Crippen LogP) is 0.944. The standard InChI is InChI=1S/C21H27N5O6/c1-12(2)18(20(29)22-13-5-7-14(8-6-13)26(31)32)24-19(28)16-4-3-11-25(16)21(30)15-9-10-17(27)23-15/h5-8,12,15-16,18H,3-4,9-11H2,1-2H3,(H,22,29)(H,23,27)(H,24,28). The van der Waals surface area contributed by atoms with E-state index in [2.05, 4.69) is 16.0 Å². The zero-order valence-electron chi connectivity index (χ0n) is 18.0. The molecule has 0 spiro atoms. The van der Waals surface area contributed by atoms with E-state index in [1.165, 1.54) is 29.2 Å². The van der Waals surface area contributed by atoms with Gasteiger partial charge >= 0.3 is 0 Å². The lowest BCUT2D eigenvalue weighted by molar-refractivity contribution is -0.384. The lowest BCUT2D eigenvalue weighted by atomic mass is 10.0. The van der Waals surface area contributed by atoms with Gasteiger partial charge in [-0.1, -0.05) is 13.8 Å². The fourth-order valence-electron chi connectivity index (χ4n) is 3.97. The van der Waals surface area contributed by atoms with Crippen LogP contribution >= 0.6 is 0 Å². The molecule has 2 heterocycles. The molecule has 3 unspecified atom stereocenters. The van der Waals surface area contributed by atoms with Gasteiger partial charge in [0, 0.05) is 30.8 Å². The molecule has 3 atom stereocenters. The van der Waals surface area contributed by atoms with Gasteiger partial charge in [-0.05, 0) is 37.3 Å². The van der Waals surface area contributed by atoms with E-state index in [9.17, 15) is 29.3 Å². The van der Waals surface area contributed by atoms with Gasteiger partial charge in [0.2, 0.25) is 23.6 Å². The molecule has 0 radical (unpaired) electrons. The summed E-state index contributed by atoms with van der Waals surface area (Å²) in [6.07, 6.45) is 1.84. The number of carbonyl (C=O) groups excluding carboxylic acids is 4. The van der Waals surface area contributed by atoms with Gasteiger partial charge in [0.25, 0.3) is 5.69 Å². The monoisotopic (exact) mass is 445 g/mol. The number of anilines is 1. The Hall–Kier alpha value is -3.50. The van der Waals surface area contributed by atoms with Crippen molar-refractivity contribution in [3.63, 3.8) is 0 Å². The summed E-state index contributed by atoms with van der Waals surface area (Å²) in [5, 5.41) is 18.8. The van der Waals surface area contributed by atoms with E-state index in [4.69, 9.17) is 0 Å². The maximum atomic E-state index is 13.0. The molecule has 3 rings (SSSR count). The first-order chi connectivity index (χ1) is 15.2. The molecule has 32 heavy (non-hydrogen) atoms. The second-order valence-electron chi connectivity index (χ2n) is 8.37. The number of nitro benzene ring substituents is 1. The molecule has 172 valence electrons. The van der Waals surface area contributed by atoms with Crippen LogP contribution in [0.2, 0.25) is 0 Å². The summed E-state index contributed by atoms with van der Waals surface area (Å²) in [6.45, 7) is 3.99. The first-order valence-corrected chi connectivity index (χ1v) is 10.6. The van der Waals surface area contributed by atoms with E-state index in [0.29, 0.717) is 37.9 Å². The average Bonchev–Trinajstić information content (AvgIpc) is 3.40. The Morgan fingerprint density at radius 2 is 1.88 bits per heavy atom. The number of benzene rings is 1. The third kappa shape index (κ3) is 5.21. The van der Waals surface area contributed by atoms with Gasteiger partial charge in [0.15, 0.2) is 0 Å². The second-order valence-corrected chi connectivity index (χ2v) is 8.37. The Morgan fingerprint density at radius 1 is 1.19 bits per heavy atom. The molecule has 0 aliphatic carbocycles. The SMILES string of the molecule is CC(C)C(NC(=O)C1CCCN1C(=O)C1CCC(=O)N1)C(=O)Nc1ccc([N+](=O)[O-])cc1. The topological polar surface area (TPSA) is 151 Å². The highest BCUT2D eigenvalue weighted by Gasteiger charge is 2.40. The molecule has 0 bridgehead atoms. The van der Waals surface area contributed by atoms with Gasteiger partial charge in [0.05, 0.1) is 4.92 Å². The van der Waals surface area contributed by atoms with Crippen molar-refractivity contribution in [2.24, 2.45) is 5.92 Å². The van der Waals surface area contributed by atoms with Crippen LogP contribution < -0.4 is 16.0 Å². The van der Waals surface area contributed by atoms with Crippen LogP contribution in [0.4, 0.5) is 11.4 Å². The molecule has 2 aliphatic heterocycles. The Bertz CT molecular complexity index is 916. The summed E-state index contributed by atoms with van der Waals surface area (Å²) in [5.74, 6) is -1.56. The molecule has 0 aromatic heterocycles. The van der Waals surface area contributed by atoms with Crippen molar-refractivity contribution in [2.45, 2.75) is 57.7 Å². The Morgan fingerprint density at radius 3 is 2.44 bits per heavy atom. The number of nitrogens with zero attached hydrogens (tertiary/aromatic N) is 2. The minimum absolute atomic E-state index is 0.0962. The van der Waals surface area contributed by atoms with Crippen molar-refractivity contribution >= 4 is 35.0 Å². The predicted molar refractivity (Wildman–Crippen MR) is 114 cm³/mol. The average molecular weight is 445 g/mol. The van der Waals surface area contributed by atoms with Crippen LogP contribution in [0, 0.1) is 16.0 Å². The van der Waals surface area contributed by atoms with Crippen LogP contribution in [0.25, 0.3) is 0 Å². The van der Waals surface area contributed by atoms with Gasteiger partial charge in [0.1, 0.15) is 18.1 Å². The van der Waals surface area contributed by atoms with Gasteiger partial charge in [-0.3, -0.25) is 29.3 Å². The largest absolute Gasteiger partial charge is 0.344 e. The lowest BCUT2D eigenvalue weighted by Crippen LogP contribution is -2.55. The van der Waals surface area contributed by atoms with Crippen LogP contribution in [-0.2, 0) is 19.2 Å². The first kappa shape index (κ1) is 23.2. The summed E-state index contributed by atoms with van der Waals surface area (Å²) in [7, 11) is 0. The van der Waals surface area contributed by atoms with Crippen LogP contribution in [0.1, 0.15) is 39.5 Å². The number of likely N-dealkylation sites (tertiary alicyclic amines) is 1. The van der Waals surface area contributed by atoms with Crippen molar-refractivity contribution in [1.29, 1.82) is 0 Å². The van der Waals surface area contributed by atoms with E-state index in [1.807, 2.05) is 0 Å². The van der Waals surface area contributed by atoms with Gasteiger partial charge in [-0.15, -0.1) is 0 Å². The quantitative estimate of drug-likeness (QED) is 0.420. The molecule has 0 saturated carbocycles. The molecule has 2 aliphatic rings. The number of amides is 4. The number of hydrogen-bond donors (Lipinski definition) is 3. The number of non-ortho nitro benzene ring substituents is 1. The Labute approximate surface area is 185 Å². The lowest BCUT2D eigenvalue weighted by Gasteiger charge is -2.29. The minimum atomic E-state index is -0.860. The second kappa shape index (κ2) is 9.75. The van der Waals surface area contributed by atoms with Crippen molar-refractivity contribution < 1.29 is 24.1 Å². The van der Waals surface area contributed by atoms with Gasteiger partial charge in [-0.2, -0.15) is 0 Å². The molecule has 2 saturated heterocycles. The number of rotatable bonds is 7. The van der Waals surface area contributed by atoms with Crippen molar-refractivity contribution in [1.82, 2.24) is 15.5 Å². The first-order valence-electron chi connectivity index (χ1n) is 10.6.